The summed E-state index contributed by atoms with van der Waals surface area (Å²) in [7, 11) is 1.27. The average molecular weight is 262 g/mol. The molecule has 7 nitrogen and oxygen atoms in total. The second kappa shape index (κ2) is 5.47. The molecule has 2 heterocycles. The van der Waals surface area contributed by atoms with Gasteiger partial charge in [0.05, 0.1) is 13.2 Å². The van der Waals surface area contributed by atoms with Crippen molar-refractivity contribution >= 4 is 5.97 Å². The first-order valence-electron chi connectivity index (χ1n) is 5.74. The minimum atomic E-state index is -0.596. The summed E-state index contributed by atoms with van der Waals surface area (Å²) in [5.74, 6) is 0.419. The number of esters is 1. The van der Waals surface area contributed by atoms with Crippen molar-refractivity contribution < 1.29 is 14.3 Å². The first-order valence-corrected chi connectivity index (χ1v) is 5.74. The van der Waals surface area contributed by atoms with Crippen LogP contribution in [0.15, 0.2) is 24.7 Å². The molecule has 0 fully saturated rings. The Balaban J connectivity index is 2.36. The first-order chi connectivity index (χ1) is 9.11. The van der Waals surface area contributed by atoms with Crippen molar-refractivity contribution in [3.05, 3.63) is 30.5 Å². The van der Waals surface area contributed by atoms with Crippen LogP contribution in [0.3, 0.4) is 0 Å². The molecule has 7 heteroatoms. The van der Waals surface area contributed by atoms with Crippen LogP contribution in [0.4, 0.5) is 0 Å². The molecule has 0 atom stereocenters. The summed E-state index contributed by atoms with van der Waals surface area (Å²) < 4.78 is 11.6. The predicted octanol–water partition coefficient (Wildman–Crippen LogP) is 1.24. The lowest BCUT2D eigenvalue weighted by Gasteiger charge is -2.12. The van der Waals surface area contributed by atoms with E-state index >= 15 is 0 Å². The van der Waals surface area contributed by atoms with E-state index in [1.807, 2.05) is 13.8 Å². The first kappa shape index (κ1) is 13.0. The molecule has 2 rings (SSSR count). The predicted molar refractivity (Wildman–Crippen MR) is 66.3 cm³/mol. The summed E-state index contributed by atoms with van der Waals surface area (Å²) in [6, 6.07) is 3.54. The third kappa shape index (κ3) is 2.87. The van der Waals surface area contributed by atoms with Gasteiger partial charge in [0.15, 0.2) is 11.6 Å². The monoisotopic (exact) mass is 262 g/mol. The van der Waals surface area contributed by atoms with Crippen LogP contribution in [-0.2, 0) is 4.74 Å². The molecule has 0 bridgehead atoms. The number of ether oxygens (including phenoxy) is 2. The summed E-state index contributed by atoms with van der Waals surface area (Å²) in [5.41, 5.74) is 0. The van der Waals surface area contributed by atoms with Gasteiger partial charge in [0, 0.05) is 6.20 Å². The molecule has 0 saturated carbocycles. The second-order valence-corrected chi connectivity index (χ2v) is 4.00. The number of carbonyl (C=O) groups is 1. The quantitative estimate of drug-likeness (QED) is 0.771. The normalized spacial score (nSPS) is 10.5. The molecule has 2 aromatic rings. The van der Waals surface area contributed by atoms with Crippen LogP contribution in [0.25, 0.3) is 5.82 Å². The number of rotatable bonds is 4. The molecule has 0 saturated heterocycles. The zero-order chi connectivity index (χ0) is 13.8. The van der Waals surface area contributed by atoms with E-state index in [1.165, 1.54) is 18.1 Å². The smallest absolute Gasteiger partial charge is 0.377 e. The fourth-order valence-electron chi connectivity index (χ4n) is 1.45. The minimum Gasteiger partial charge on any atom is -0.487 e. The van der Waals surface area contributed by atoms with E-state index in [4.69, 9.17) is 4.74 Å². The second-order valence-electron chi connectivity index (χ2n) is 4.00. The van der Waals surface area contributed by atoms with Crippen LogP contribution < -0.4 is 4.74 Å². The Bertz CT molecular complexity index is 580. The maximum atomic E-state index is 11.3. The number of hydrogen-bond donors (Lipinski definition) is 0. The summed E-state index contributed by atoms with van der Waals surface area (Å²) in [4.78, 5) is 19.4. The van der Waals surface area contributed by atoms with Crippen molar-refractivity contribution in [2.24, 2.45) is 0 Å². The molecule has 19 heavy (non-hydrogen) atoms. The van der Waals surface area contributed by atoms with Crippen molar-refractivity contribution in [3.63, 3.8) is 0 Å². The van der Waals surface area contributed by atoms with Gasteiger partial charge in [0.25, 0.3) is 5.82 Å². The van der Waals surface area contributed by atoms with E-state index in [-0.39, 0.29) is 11.9 Å². The third-order valence-corrected chi connectivity index (χ3v) is 2.19. The van der Waals surface area contributed by atoms with Gasteiger partial charge in [-0.2, -0.15) is 4.68 Å². The molecule has 0 amide bonds. The van der Waals surface area contributed by atoms with E-state index in [9.17, 15) is 4.79 Å². The molecule has 0 radical (unpaired) electrons. The number of methoxy groups -OCH3 is 1. The molecule has 0 spiro atoms. The number of carbonyl (C=O) groups excluding carboxylic acids is 1. The Morgan fingerprint density at radius 3 is 2.84 bits per heavy atom. The molecular formula is C12H14N4O3. The number of nitrogens with zero attached hydrogens (tertiary/aromatic N) is 4. The maximum Gasteiger partial charge on any atom is 0.377 e. The lowest BCUT2D eigenvalue weighted by Crippen LogP contribution is -2.10. The van der Waals surface area contributed by atoms with E-state index in [0.717, 1.165) is 0 Å². The minimum absolute atomic E-state index is 0.00606. The SMILES string of the molecule is COC(=O)c1ncn(-c2ncccc2OC(C)C)n1. The highest BCUT2D eigenvalue weighted by molar-refractivity contribution is 5.84. The Labute approximate surface area is 110 Å². The van der Waals surface area contributed by atoms with E-state index in [2.05, 4.69) is 19.8 Å². The Morgan fingerprint density at radius 1 is 1.37 bits per heavy atom. The Morgan fingerprint density at radius 2 is 2.16 bits per heavy atom. The fourth-order valence-corrected chi connectivity index (χ4v) is 1.45. The van der Waals surface area contributed by atoms with Gasteiger partial charge in [-0.15, -0.1) is 5.10 Å². The van der Waals surface area contributed by atoms with E-state index in [0.29, 0.717) is 11.6 Å². The van der Waals surface area contributed by atoms with Crippen molar-refractivity contribution in [1.29, 1.82) is 0 Å². The van der Waals surface area contributed by atoms with Gasteiger partial charge in [0.2, 0.25) is 0 Å². The van der Waals surface area contributed by atoms with Crippen LogP contribution in [-0.4, -0.2) is 38.9 Å². The maximum absolute atomic E-state index is 11.3. The molecule has 0 aliphatic rings. The summed E-state index contributed by atoms with van der Waals surface area (Å²) in [6.45, 7) is 3.83. The standard InChI is InChI=1S/C12H14N4O3/c1-8(2)19-9-5-4-6-13-11(9)16-7-14-10(15-16)12(17)18-3/h4-8H,1-3H3. The number of aromatic nitrogens is 4. The molecule has 100 valence electrons. The van der Waals surface area contributed by atoms with E-state index < -0.39 is 5.97 Å². The largest absolute Gasteiger partial charge is 0.487 e. The Kier molecular flexibility index (Phi) is 3.74. The van der Waals surface area contributed by atoms with Gasteiger partial charge >= 0.3 is 5.97 Å². The average Bonchev–Trinajstić information content (AvgIpc) is 2.87. The zero-order valence-electron chi connectivity index (χ0n) is 10.9. The van der Waals surface area contributed by atoms with Crippen LogP contribution in [0, 0.1) is 0 Å². The summed E-state index contributed by atoms with van der Waals surface area (Å²) in [6.07, 6.45) is 3.01. The van der Waals surface area contributed by atoms with Crippen molar-refractivity contribution in [2.45, 2.75) is 20.0 Å². The Hall–Kier alpha value is -2.44. The molecular weight excluding hydrogens is 248 g/mol. The molecule has 2 aromatic heterocycles. The van der Waals surface area contributed by atoms with E-state index in [1.54, 1.807) is 18.3 Å². The van der Waals surface area contributed by atoms with Gasteiger partial charge in [-0.25, -0.2) is 14.8 Å². The molecule has 0 aliphatic carbocycles. The van der Waals surface area contributed by atoms with Gasteiger partial charge in [0.1, 0.15) is 6.33 Å². The topological polar surface area (TPSA) is 79.1 Å². The summed E-state index contributed by atoms with van der Waals surface area (Å²) in [5, 5.41) is 4.01. The molecule has 0 unspecified atom stereocenters. The highest BCUT2D eigenvalue weighted by Crippen LogP contribution is 2.20. The van der Waals surface area contributed by atoms with Crippen molar-refractivity contribution in [3.8, 4) is 11.6 Å². The van der Waals surface area contributed by atoms with Gasteiger partial charge in [-0.1, -0.05) is 0 Å². The lowest BCUT2D eigenvalue weighted by molar-refractivity contribution is 0.0587. The molecule has 0 aliphatic heterocycles. The van der Waals surface area contributed by atoms with Gasteiger partial charge in [-0.3, -0.25) is 0 Å². The van der Waals surface area contributed by atoms with Crippen LogP contribution in [0.5, 0.6) is 5.75 Å². The zero-order valence-corrected chi connectivity index (χ0v) is 10.9. The molecule has 0 aromatic carbocycles. The van der Waals surface area contributed by atoms with Crippen LogP contribution in [0.1, 0.15) is 24.5 Å². The van der Waals surface area contributed by atoms with Crippen LogP contribution >= 0.6 is 0 Å². The third-order valence-electron chi connectivity index (χ3n) is 2.19. The van der Waals surface area contributed by atoms with Crippen molar-refractivity contribution in [1.82, 2.24) is 19.7 Å². The van der Waals surface area contributed by atoms with Crippen LogP contribution in [0.2, 0.25) is 0 Å². The van der Waals surface area contributed by atoms with Crippen molar-refractivity contribution in [2.75, 3.05) is 7.11 Å². The summed E-state index contributed by atoms with van der Waals surface area (Å²) >= 11 is 0. The highest BCUT2D eigenvalue weighted by atomic mass is 16.5. The molecule has 0 N–H and O–H groups in total. The number of hydrogen-bond acceptors (Lipinski definition) is 6. The van der Waals surface area contributed by atoms with Gasteiger partial charge < -0.3 is 9.47 Å². The highest BCUT2D eigenvalue weighted by Gasteiger charge is 2.15. The lowest BCUT2D eigenvalue weighted by atomic mass is 10.4. The van der Waals surface area contributed by atoms with Gasteiger partial charge in [-0.05, 0) is 26.0 Å². The fraction of sp³-hybridized carbons (Fsp3) is 0.333. The number of pyridine rings is 1.